The number of nitrogens with zero attached hydrogens (tertiary/aromatic N) is 2. The van der Waals surface area contributed by atoms with Crippen LogP contribution >= 0.6 is 0 Å². The molecule has 128 valence electrons. The summed E-state index contributed by atoms with van der Waals surface area (Å²) in [5.41, 5.74) is 3.38. The zero-order valence-corrected chi connectivity index (χ0v) is 14.3. The monoisotopic (exact) mass is 342 g/mol. The van der Waals surface area contributed by atoms with Crippen molar-refractivity contribution in [2.24, 2.45) is 0 Å². The lowest BCUT2D eigenvalue weighted by Gasteiger charge is -2.15. The van der Waals surface area contributed by atoms with Gasteiger partial charge in [0.2, 0.25) is 0 Å². The van der Waals surface area contributed by atoms with Crippen LogP contribution < -0.4 is 10.6 Å². The van der Waals surface area contributed by atoms with E-state index < -0.39 is 0 Å². The van der Waals surface area contributed by atoms with Crippen LogP contribution in [0.2, 0.25) is 0 Å². The van der Waals surface area contributed by atoms with Crippen LogP contribution in [0.1, 0.15) is 34.6 Å². The lowest BCUT2D eigenvalue weighted by atomic mass is 10.1. The van der Waals surface area contributed by atoms with E-state index in [2.05, 4.69) is 34.7 Å². The molecular weight excluding hydrogens is 324 g/mol. The average Bonchev–Trinajstić information content (AvgIpc) is 2.69. The number of hydrogen-bond acceptors (Lipinski definition) is 4. The molecular formula is C21H18N4O. The summed E-state index contributed by atoms with van der Waals surface area (Å²) in [7, 11) is 0. The second kappa shape index (κ2) is 7.95. The van der Waals surface area contributed by atoms with Crippen LogP contribution in [0.15, 0.2) is 72.9 Å². The molecule has 5 heteroatoms. The van der Waals surface area contributed by atoms with Gasteiger partial charge in [0.1, 0.15) is 5.69 Å². The van der Waals surface area contributed by atoms with Crippen molar-refractivity contribution in [3.63, 3.8) is 0 Å². The van der Waals surface area contributed by atoms with Gasteiger partial charge in [-0.05, 0) is 42.8 Å². The third kappa shape index (κ3) is 4.25. The van der Waals surface area contributed by atoms with Gasteiger partial charge in [-0.2, -0.15) is 5.26 Å². The number of benzene rings is 2. The van der Waals surface area contributed by atoms with Crippen molar-refractivity contribution >= 4 is 17.3 Å². The Balaban J connectivity index is 1.65. The Kier molecular flexibility index (Phi) is 5.25. The van der Waals surface area contributed by atoms with Gasteiger partial charge in [0.25, 0.3) is 5.91 Å². The standard InChI is InChI=1S/C21H18N4O/c1-15(17-7-3-2-4-8-17)24-19-10-11-20(23-14-19)21(26)25-18-9-5-6-16(12-18)13-22/h2-12,14-15,24H,1H3,(H,25,26). The Morgan fingerprint density at radius 3 is 2.54 bits per heavy atom. The van der Waals surface area contributed by atoms with Gasteiger partial charge in [0, 0.05) is 11.7 Å². The van der Waals surface area contributed by atoms with E-state index in [1.54, 1.807) is 36.5 Å². The number of rotatable bonds is 5. The first-order chi connectivity index (χ1) is 12.7. The molecule has 3 aromatic rings. The molecule has 0 spiro atoms. The molecule has 0 bridgehead atoms. The second-order valence-corrected chi connectivity index (χ2v) is 5.86. The molecule has 0 aliphatic heterocycles. The van der Waals surface area contributed by atoms with E-state index in [9.17, 15) is 4.79 Å². The van der Waals surface area contributed by atoms with Crippen molar-refractivity contribution in [2.75, 3.05) is 10.6 Å². The Hall–Kier alpha value is -3.65. The fraction of sp³-hybridized carbons (Fsp3) is 0.0952. The smallest absolute Gasteiger partial charge is 0.274 e. The highest BCUT2D eigenvalue weighted by Gasteiger charge is 2.09. The molecule has 1 amide bonds. The molecule has 0 saturated carbocycles. The fourth-order valence-corrected chi connectivity index (χ4v) is 2.55. The molecule has 0 aliphatic carbocycles. The molecule has 1 heterocycles. The van der Waals surface area contributed by atoms with E-state index in [-0.39, 0.29) is 11.9 Å². The summed E-state index contributed by atoms with van der Waals surface area (Å²) in [5.74, 6) is -0.317. The summed E-state index contributed by atoms with van der Waals surface area (Å²) in [4.78, 5) is 16.5. The number of nitriles is 1. The summed E-state index contributed by atoms with van der Waals surface area (Å²) < 4.78 is 0. The Morgan fingerprint density at radius 2 is 1.85 bits per heavy atom. The maximum atomic E-state index is 12.3. The Bertz CT molecular complexity index is 930. The van der Waals surface area contributed by atoms with Crippen molar-refractivity contribution in [1.82, 2.24) is 4.98 Å². The first-order valence-electron chi connectivity index (χ1n) is 8.25. The largest absolute Gasteiger partial charge is 0.377 e. The Labute approximate surface area is 152 Å². The molecule has 0 saturated heterocycles. The highest BCUT2D eigenvalue weighted by Crippen LogP contribution is 2.18. The number of anilines is 2. The minimum absolute atomic E-state index is 0.131. The first kappa shape index (κ1) is 17.2. The van der Waals surface area contributed by atoms with Gasteiger partial charge in [-0.3, -0.25) is 4.79 Å². The molecule has 0 fully saturated rings. The molecule has 26 heavy (non-hydrogen) atoms. The normalized spacial score (nSPS) is 11.2. The van der Waals surface area contributed by atoms with Gasteiger partial charge in [0.05, 0.1) is 23.5 Å². The highest BCUT2D eigenvalue weighted by atomic mass is 16.1. The minimum atomic E-state index is -0.317. The van der Waals surface area contributed by atoms with Crippen LogP contribution in [0.4, 0.5) is 11.4 Å². The quantitative estimate of drug-likeness (QED) is 0.721. The van der Waals surface area contributed by atoms with Gasteiger partial charge in [-0.25, -0.2) is 4.98 Å². The van der Waals surface area contributed by atoms with Crippen LogP contribution in [0.3, 0.4) is 0 Å². The molecule has 2 N–H and O–H groups in total. The van der Waals surface area contributed by atoms with Crippen molar-refractivity contribution in [3.05, 3.63) is 89.7 Å². The maximum Gasteiger partial charge on any atom is 0.274 e. The third-order valence-electron chi connectivity index (χ3n) is 3.93. The van der Waals surface area contributed by atoms with Gasteiger partial charge in [-0.15, -0.1) is 0 Å². The van der Waals surface area contributed by atoms with E-state index in [1.807, 2.05) is 30.3 Å². The van der Waals surface area contributed by atoms with Crippen molar-refractivity contribution in [1.29, 1.82) is 5.26 Å². The summed E-state index contributed by atoms with van der Waals surface area (Å²) in [6, 6.07) is 22.5. The van der Waals surface area contributed by atoms with Crippen LogP contribution in [-0.4, -0.2) is 10.9 Å². The fourth-order valence-electron chi connectivity index (χ4n) is 2.55. The number of carbonyl (C=O) groups is 1. The topological polar surface area (TPSA) is 77.8 Å². The van der Waals surface area contributed by atoms with Crippen LogP contribution in [-0.2, 0) is 0 Å². The Morgan fingerprint density at radius 1 is 1.04 bits per heavy atom. The average molecular weight is 342 g/mol. The molecule has 0 aliphatic rings. The van der Waals surface area contributed by atoms with Gasteiger partial charge in [0.15, 0.2) is 0 Å². The number of pyridine rings is 1. The highest BCUT2D eigenvalue weighted by molar-refractivity contribution is 6.03. The lowest BCUT2D eigenvalue weighted by molar-refractivity contribution is 0.102. The van der Waals surface area contributed by atoms with E-state index in [1.165, 1.54) is 5.56 Å². The number of carbonyl (C=O) groups excluding carboxylic acids is 1. The predicted octanol–water partition coefficient (Wildman–Crippen LogP) is 4.38. The van der Waals surface area contributed by atoms with Crippen molar-refractivity contribution in [2.45, 2.75) is 13.0 Å². The van der Waals surface area contributed by atoms with Crippen LogP contribution in [0.5, 0.6) is 0 Å². The summed E-state index contributed by atoms with van der Waals surface area (Å²) >= 11 is 0. The molecule has 2 aromatic carbocycles. The molecule has 0 radical (unpaired) electrons. The molecule has 1 aromatic heterocycles. The lowest BCUT2D eigenvalue weighted by Crippen LogP contribution is -2.14. The zero-order chi connectivity index (χ0) is 18.4. The van der Waals surface area contributed by atoms with E-state index in [4.69, 9.17) is 5.26 Å². The van der Waals surface area contributed by atoms with Gasteiger partial charge >= 0.3 is 0 Å². The first-order valence-corrected chi connectivity index (χ1v) is 8.25. The summed E-state index contributed by atoms with van der Waals surface area (Å²) in [5, 5.41) is 15.0. The number of aromatic nitrogens is 1. The molecule has 3 rings (SSSR count). The minimum Gasteiger partial charge on any atom is -0.377 e. The number of nitrogens with one attached hydrogen (secondary N) is 2. The summed E-state index contributed by atoms with van der Waals surface area (Å²) in [6.07, 6.45) is 1.64. The van der Waals surface area contributed by atoms with Crippen molar-refractivity contribution < 1.29 is 4.79 Å². The maximum absolute atomic E-state index is 12.3. The van der Waals surface area contributed by atoms with Crippen LogP contribution in [0.25, 0.3) is 0 Å². The van der Waals surface area contributed by atoms with Gasteiger partial charge in [-0.1, -0.05) is 36.4 Å². The predicted molar refractivity (Wildman–Crippen MR) is 102 cm³/mol. The summed E-state index contributed by atoms with van der Waals surface area (Å²) in [6.45, 7) is 2.07. The van der Waals surface area contributed by atoms with Crippen LogP contribution in [0, 0.1) is 11.3 Å². The SMILES string of the molecule is CC(Nc1ccc(C(=O)Nc2cccc(C#N)c2)nc1)c1ccccc1. The van der Waals surface area contributed by atoms with Gasteiger partial charge < -0.3 is 10.6 Å². The van der Waals surface area contributed by atoms with E-state index in [0.29, 0.717) is 16.9 Å². The molecule has 1 atom stereocenters. The van der Waals surface area contributed by atoms with Crippen molar-refractivity contribution in [3.8, 4) is 6.07 Å². The molecule has 1 unspecified atom stereocenters. The van der Waals surface area contributed by atoms with E-state index in [0.717, 1.165) is 5.69 Å². The zero-order valence-electron chi connectivity index (χ0n) is 14.3. The number of amides is 1. The molecule has 5 nitrogen and oxygen atoms in total. The second-order valence-electron chi connectivity index (χ2n) is 5.86. The third-order valence-corrected chi connectivity index (χ3v) is 3.93. The number of hydrogen-bond donors (Lipinski definition) is 2. The van der Waals surface area contributed by atoms with E-state index >= 15 is 0 Å².